The van der Waals surface area contributed by atoms with Gasteiger partial charge in [0.15, 0.2) is 0 Å². The van der Waals surface area contributed by atoms with E-state index in [0.717, 1.165) is 29.6 Å². The van der Waals surface area contributed by atoms with Gasteiger partial charge < -0.3 is 9.80 Å². The van der Waals surface area contributed by atoms with Crippen molar-refractivity contribution in [1.82, 2.24) is 4.90 Å². The SMILES string of the molecule is CN1c2ccccc2C(=O)N2CCC3=c4ccccc4=N[C@H]3[C@@H]21. The van der Waals surface area contributed by atoms with Gasteiger partial charge in [-0.3, -0.25) is 9.79 Å². The fourth-order valence-electron chi connectivity index (χ4n) is 4.22. The maximum Gasteiger partial charge on any atom is 0.257 e. The maximum atomic E-state index is 12.9. The molecule has 1 amide bonds. The quantitative estimate of drug-likeness (QED) is 0.732. The Morgan fingerprint density at radius 1 is 1.09 bits per heavy atom. The molecule has 0 aromatic heterocycles. The van der Waals surface area contributed by atoms with E-state index in [9.17, 15) is 4.79 Å². The molecule has 0 unspecified atom stereocenters. The Bertz CT molecular complexity index is 949. The predicted octanol–water partition coefficient (Wildman–Crippen LogP) is 1.16. The highest BCUT2D eigenvalue weighted by Gasteiger charge is 2.45. The van der Waals surface area contributed by atoms with Crippen LogP contribution >= 0.6 is 0 Å². The van der Waals surface area contributed by atoms with E-state index >= 15 is 0 Å². The van der Waals surface area contributed by atoms with Crippen molar-refractivity contribution < 1.29 is 4.79 Å². The lowest BCUT2D eigenvalue weighted by Crippen LogP contribution is -2.61. The van der Waals surface area contributed by atoms with E-state index < -0.39 is 0 Å². The van der Waals surface area contributed by atoms with E-state index in [4.69, 9.17) is 4.99 Å². The number of anilines is 1. The summed E-state index contributed by atoms with van der Waals surface area (Å²) in [5, 5.41) is 2.32. The topological polar surface area (TPSA) is 35.9 Å². The molecule has 3 aliphatic heterocycles. The Kier molecular flexibility index (Phi) is 2.49. The zero-order valence-corrected chi connectivity index (χ0v) is 12.9. The number of piperidine rings is 1. The normalized spacial score (nSPS) is 24.6. The lowest BCUT2D eigenvalue weighted by Gasteiger charge is -2.49. The van der Waals surface area contributed by atoms with Crippen molar-refractivity contribution in [2.45, 2.75) is 18.6 Å². The highest BCUT2D eigenvalue weighted by Crippen LogP contribution is 2.37. The standard InChI is InChI=1S/C19H17N3O/c1-21-16-9-5-3-7-14(16)19(23)22-11-10-13-12-6-2-4-8-15(12)20-17(13)18(21)22/h2-9,17-18H,10-11H2,1H3/t17-,18-/m1/s1. The van der Waals surface area contributed by atoms with Crippen LogP contribution in [0.2, 0.25) is 0 Å². The Hall–Kier alpha value is -2.62. The second kappa shape index (κ2) is 4.44. The number of amides is 1. The third-order valence-corrected chi connectivity index (χ3v) is 5.28. The van der Waals surface area contributed by atoms with Crippen molar-refractivity contribution in [1.29, 1.82) is 0 Å². The van der Waals surface area contributed by atoms with Crippen LogP contribution in [0.3, 0.4) is 0 Å². The predicted molar refractivity (Wildman–Crippen MR) is 88.7 cm³/mol. The van der Waals surface area contributed by atoms with Crippen LogP contribution in [0.15, 0.2) is 53.5 Å². The fourth-order valence-corrected chi connectivity index (χ4v) is 4.22. The Morgan fingerprint density at radius 2 is 1.87 bits per heavy atom. The first-order valence-electron chi connectivity index (χ1n) is 8.04. The number of rotatable bonds is 0. The van der Waals surface area contributed by atoms with Crippen LogP contribution in [-0.2, 0) is 0 Å². The van der Waals surface area contributed by atoms with Gasteiger partial charge in [-0.15, -0.1) is 0 Å². The first-order valence-corrected chi connectivity index (χ1v) is 8.04. The molecule has 4 nitrogen and oxygen atoms in total. The molecule has 1 fully saturated rings. The fraction of sp³-hybridized carbons (Fsp3) is 0.263. The second-order valence-electron chi connectivity index (χ2n) is 6.41. The average Bonchev–Trinajstić information content (AvgIpc) is 2.98. The molecule has 23 heavy (non-hydrogen) atoms. The number of nitrogens with zero attached hydrogens (tertiary/aromatic N) is 3. The van der Waals surface area contributed by atoms with Gasteiger partial charge in [-0.2, -0.15) is 0 Å². The van der Waals surface area contributed by atoms with E-state index in [2.05, 4.69) is 30.1 Å². The van der Waals surface area contributed by atoms with Gasteiger partial charge in [0.25, 0.3) is 5.91 Å². The van der Waals surface area contributed by atoms with Crippen molar-refractivity contribution in [3.8, 4) is 0 Å². The Labute approximate surface area is 134 Å². The number of hydrogen-bond donors (Lipinski definition) is 0. The molecule has 0 spiro atoms. The molecule has 5 rings (SSSR count). The monoisotopic (exact) mass is 303 g/mol. The van der Waals surface area contributed by atoms with Crippen molar-refractivity contribution in [2.24, 2.45) is 4.99 Å². The third kappa shape index (κ3) is 1.61. The molecule has 3 aliphatic rings. The minimum atomic E-state index is -0.0199. The molecule has 2 aromatic carbocycles. The third-order valence-electron chi connectivity index (χ3n) is 5.28. The van der Waals surface area contributed by atoms with Crippen molar-refractivity contribution in [2.75, 3.05) is 18.5 Å². The first kappa shape index (κ1) is 12.9. The molecule has 0 N–H and O–H groups in total. The number of carbonyl (C=O) groups is 1. The molecule has 0 saturated carbocycles. The number of para-hydroxylation sites is 2. The summed E-state index contributed by atoms with van der Waals surface area (Å²) >= 11 is 0. The molecular formula is C19H17N3O. The highest BCUT2D eigenvalue weighted by atomic mass is 16.2. The van der Waals surface area contributed by atoms with E-state index in [-0.39, 0.29) is 18.1 Å². The van der Waals surface area contributed by atoms with Gasteiger partial charge in [-0.25, -0.2) is 0 Å². The molecule has 0 bridgehead atoms. The van der Waals surface area contributed by atoms with Crippen LogP contribution < -0.4 is 15.5 Å². The van der Waals surface area contributed by atoms with E-state index in [0.29, 0.717) is 0 Å². The smallest absolute Gasteiger partial charge is 0.257 e. The van der Waals surface area contributed by atoms with Gasteiger partial charge in [-0.05, 0) is 30.2 Å². The zero-order chi connectivity index (χ0) is 15.6. The molecule has 2 aromatic rings. The second-order valence-corrected chi connectivity index (χ2v) is 6.41. The Morgan fingerprint density at radius 3 is 2.78 bits per heavy atom. The number of fused-ring (bicyclic) bond motifs is 5. The van der Waals surface area contributed by atoms with Crippen LogP contribution in [0.25, 0.3) is 5.57 Å². The summed E-state index contributed by atoms with van der Waals surface area (Å²) in [6.45, 7) is 0.762. The number of carbonyl (C=O) groups excluding carboxylic acids is 1. The average molecular weight is 303 g/mol. The summed E-state index contributed by atoms with van der Waals surface area (Å²) in [7, 11) is 2.07. The van der Waals surface area contributed by atoms with Crippen LogP contribution in [-0.4, -0.2) is 36.6 Å². The summed E-state index contributed by atoms with van der Waals surface area (Å²) in [5.41, 5.74) is 3.18. The molecule has 0 aliphatic carbocycles. The van der Waals surface area contributed by atoms with Crippen molar-refractivity contribution >= 4 is 17.2 Å². The molecule has 4 heteroatoms. The maximum absolute atomic E-state index is 12.9. The van der Waals surface area contributed by atoms with Gasteiger partial charge in [0.1, 0.15) is 12.2 Å². The van der Waals surface area contributed by atoms with E-state index in [1.165, 1.54) is 10.8 Å². The Balaban J connectivity index is 1.70. The molecule has 114 valence electrons. The van der Waals surface area contributed by atoms with E-state index in [1.807, 2.05) is 35.2 Å². The first-order chi connectivity index (χ1) is 11.3. The van der Waals surface area contributed by atoms with Gasteiger partial charge in [-0.1, -0.05) is 30.3 Å². The van der Waals surface area contributed by atoms with Crippen LogP contribution in [0, 0.1) is 0 Å². The zero-order valence-electron chi connectivity index (χ0n) is 12.9. The lowest BCUT2D eigenvalue weighted by molar-refractivity contribution is 0.0624. The van der Waals surface area contributed by atoms with Crippen molar-refractivity contribution in [3.05, 3.63) is 64.7 Å². The van der Waals surface area contributed by atoms with Crippen LogP contribution in [0.1, 0.15) is 16.8 Å². The van der Waals surface area contributed by atoms with Gasteiger partial charge in [0.05, 0.1) is 16.6 Å². The summed E-state index contributed by atoms with van der Waals surface area (Å²) in [4.78, 5) is 22.1. The molecule has 2 atom stereocenters. The molecular weight excluding hydrogens is 286 g/mol. The summed E-state index contributed by atoms with van der Waals surface area (Å²) in [6.07, 6.45) is 0.886. The molecule has 1 saturated heterocycles. The number of hydrogen-bond acceptors (Lipinski definition) is 3. The minimum Gasteiger partial charge on any atom is -0.351 e. The van der Waals surface area contributed by atoms with Crippen molar-refractivity contribution in [3.63, 3.8) is 0 Å². The van der Waals surface area contributed by atoms with Gasteiger partial charge in [0, 0.05) is 18.8 Å². The largest absolute Gasteiger partial charge is 0.351 e. The molecule has 3 heterocycles. The van der Waals surface area contributed by atoms with E-state index in [1.54, 1.807) is 0 Å². The minimum absolute atomic E-state index is 0.0199. The summed E-state index contributed by atoms with van der Waals surface area (Å²) < 4.78 is 0. The van der Waals surface area contributed by atoms with Gasteiger partial charge >= 0.3 is 0 Å². The highest BCUT2D eigenvalue weighted by molar-refractivity contribution is 6.02. The molecule has 0 radical (unpaired) electrons. The number of likely N-dealkylation sites (N-methyl/N-ethyl adjacent to an activating group) is 1. The summed E-state index contributed by atoms with van der Waals surface area (Å²) in [5.74, 6) is 0.133. The summed E-state index contributed by atoms with van der Waals surface area (Å²) in [6, 6.07) is 16.2. The lowest BCUT2D eigenvalue weighted by atomic mass is 9.91. The van der Waals surface area contributed by atoms with Crippen LogP contribution in [0.4, 0.5) is 5.69 Å². The van der Waals surface area contributed by atoms with Gasteiger partial charge in [0.2, 0.25) is 0 Å². The number of benzene rings is 2. The van der Waals surface area contributed by atoms with Crippen LogP contribution in [0.5, 0.6) is 0 Å².